The molecule has 90 valence electrons. The summed E-state index contributed by atoms with van der Waals surface area (Å²) in [5, 5.41) is 3.60. The Kier molecular flexibility index (Phi) is 3.74. The van der Waals surface area contributed by atoms with Crippen LogP contribution in [0.25, 0.3) is 11.3 Å². The number of aromatic amines is 1. The van der Waals surface area contributed by atoms with Gasteiger partial charge in [0.15, 0.2) is 5.95 Å². The van der Waals surface area contributed by atoms with Crippen LogP contribution >= 0.6 is 11.8 Å². The molecule has 2 rings (SSSR count). The van der Waals surface area contributed by atoms with E-state index in [-0.39, 0.29) is 0 Å². The summed E-state index contributed by atoms with van der Waals surface area (Å²) in [5.41, 5.74) is 2.20. The number of rotatable bonds is 4. The maximum atomic E-state index is 4.21. The largest absolute Gasteiger partial charge is 0.359 e. The van der Waals surface area contributed by atoms with Crippen LogP contribution in [0.3, 0.4) is 0 Å². The highest BCUT2D eigenvalue weighted by atomic mass is 32.2. The first-order valence-corrected chi connectivity index (χ1v) is 6.57. The van der Waals surface area contributed by atoms with Gasteiger partial charge in [0.1, 0.15) is 0 Å². The molecule has 4 heteroatoms. The summed E-state index contributed by atoms with van der Waals surface area (Å²) in [5.74, 6) is 0.792. The second-order valence-electron chi connectivity index (χ2n) is 4.09. The number of H-pyrrole nitrogens is 1. The average molecular weight is 247 g/mol. The summed E-state index contributed by atoms with van der Waals surface area (Å²) in [4.78, 5) is 8.72. The van der Waals surface area contributed by atoms with Gasteiger partial charge in [0.2, 0.25) is 0 Å². The molecule has 2 N–H and O–H groups in total. The Morgan fingerprint density at radius 3 is 2.47 bits per heavy atom. The van der Waals surface area contributed by atoms with Crippen molar-refractivity contribution in [2.45, 2.75) is 24.0 Å². The lowest BCUT2D eigenvalue weighted by Crippen LogP contribution is -1.89. The molecule has 0 spiro atoms. The molecule has 0 atom stereocenters. The minimum Gasteiger partial charge on any atom is -0.359 e. The topological polar surface area (TPSA) is 40.7 Å². The van der Waals surface area contributed by atoms with Crippen molar-refractivity contribution in [2.75, 3.05) is 12.4 Å². The number of imidazole rings is 1. The molecule has 3 nitrogen and oxygen atoms in total. The third-order valence-electron chi connectivity index (χ3n) is 2.35. The zero-order valence-corrected chi connectivity index (χ0v) is 11.1. The molecule has 0 aliphatic rings. The Hall–Kier alpha value is -1.42. The fourth-order valence-corrected chi connectivity index (χ4v) is 2.42. The molecular weight excluding hydrogens is 230 g/mol. The number of anilines is 1. The van der Waals surface area contributed by atoms with Crippen molar-refractivity contribution in [3.63, 3.8) is 0 Å². The van der Waals surface area contributed by atoms with Gasteiger partial charge in [-0.15, -0.1) is 11.8 Å². The Bertz CT molecular complexity index is 474. The van der Waals surface area contributed by atoms with E-state index in [0.29, 0.717) is 5.25 Å². The molecule has 0 saturated carbocycles. The molecular formula is C13H17N3S. The first kappa shape index (κ1) is 12.0. The van der Waals surface area contributed by atoms with E-state index < -0.39 is 0 Å². The van der Waals surface area contributed by atoms with Gasteiger partial charge in [0.05, 0.1) is 11.9 Å². The zero-order chi connectivity index (χ0) is 12.3. The molecule has 0 amide bonds. The standard InChI is InChI=1S/C13H17N3S/c1-9(2)17-11-6-4-10(5-7-11)12-8-15-13(14-3)16-12/h4-9H,1-3H3,(H2,14,15,16). The van der Waals surface area contributed by atoms with Gasteiger partial charge < -0.3 is 10.3 Å². The molecule has 0 bridgehead atoms. The molecule has 0 fully saturated rings. The van der Waals surface area contributed by atoms with Gasteiger partial charge in [-0.1, -0.05) is 26.0 Å². The Labute approximate surface area is 106 Å². The highest BCUT2D eigenvalue weighted by Crippen LogP contribution is 2.26. The van der Waals surface area contributed by atoms with E-state index in [1.54, 1.807) is 0 Å². The van der Waals surface area contributed by atoms with Gasteiger partial charge >= 0.3 is 0 Å². The maximum Gasteiger partial charge on any atom is 0.200 e. The second kappa shape index (κ2) is 5.27. The first-order valence-electron chi connectivity index (χ1n) is 5.69. The predicted molar refractivity (Wildman–Crippen MR) is 74.6 cm³/mol. The van der Waals surface area contributed by atoms with Crippen LogP contribution in [-0.2, 0) is 0 Å². The lowest BCUT2D eigenvalue weighted by Gasteiger charge is -2.05. The van der Waals surface area contributed by atoms with Crippen molar-refractivity contribution >= 4 is 17.7 Å². The molecule has 17 heavy (non-hydrogen) atoms. The van der Waals surface area contributed by atoms with E-state index in [0.717, 1.165) is 17.2 Å². The third kappa shape index (κ3) is 3.03. The number of nitrogens with zero attached hydrogens (tertiary/aromatic N) is 1. The van der Waals surface area contributed by atoms with Crippen LogP contribution in [0.5, 0.6) is 0 Å². The normalized spacial score (nSPS) is 10.8. The highest BCUT2D eigenvalue weighted by Gasteiger charge is 2.03. The minimum absolute atomic E-state index is 0.615. The second-order valence-corrected chi connectivity index (χ2v) is 5.74. The van der Waals surface area contributed by atoms with Gasteiger partial charge in [0, 0.05) is 17.2 Å². The fourth-order valence-electron chi connectivity index (χ4n) is 1.58. The van der Waals surface area contributed by atoms with Gasteiger partial charge in [-0.05, 0) is 17.7 Å². The third-order valence-corrected chi connectivity index (χ3v) is 3.37. The summed E-state index contributed by atoms with van der Waals surface area (Å²) in [6.07, 6.45) is 1.84. The van der Waals surface area contributed by atoms with Crippen LogP contribution in [0.4, 0.5) is 5.95 Å². The van der Waals surface area contributed by atoms with E-state index in [9.17, 15) is 0 Å². The molecule has 0 saturated heterocycles. The Morgan fingerprint density at radius 1 is 1.24 bits per heavy atom. The minimum atomic E-state index is 0.615. The average Bonchev–Trinajstić information content (AvgIpc) is 2.78. The van der Waals surface area contributed by atoms with Crippen LogP contribution in [0.2, 0.25) is 0 Å². The van der Waals surface area contributed by atoms with E-state index >= 15 is 0 Å². The molecule has 1 aromatic carbocycles. The summed E-state index contributed by atoms with van der Waals surface area (Å²) in [6.45, 7) is 4.40. The summed E-state index contributed by atoms with van der Waals surface area (Å²) in [6, 6.07) is 8.55. The fraction of sp³-hybridized carbons (Fsp3) is 0.308. The monoisotopic (exact) mass is 247 g/mol. The summed E-state index contributed by atoms with van der Waals surface area (Å²) >= 11 is 1.87. The highest BCUT2D eigenvalue weighted by molar-refractivity contribution is 7.99. The lowest BCUT2D eigenvalue weighted by atomic mass is 10.2. The van der Waals surface area contributed by atoms with Gasteiger partial charge in [0.25, 0.3) is 0 Å². The molecule has 1 heterocycles. The lowest BCUT2D eigenvalue weighted by molar-refractivity contribution is 1.11. The van der Waals surface area contributed by atoms with Crippen LogP contribution in [-0.4, -0.2) is 22.3 Å². The number of thioether (sulfide) groups is 1. The zero-order valence-electron chi connectivity index (χ0n) is 10.3. The first-order chi connectivity index (χ1) is 8.19. The SMILES string of the molecule is CNc1ncc(-c2ccc(SC(C)C)cc2)[nH]1. The smallest absolute Gasteiger partial charge is 0.200 e. The van der Waals surface area contributed by atoms with Crippen LogP contribution in [0.1, 0.15) is 13.8 Å². The number of aromatic nitrogens is 2. The van der Waals surface area contributed by atoms with Gasteiger partial charge in [-0.25, -0.2) is 4.98 Å². The van der Waals surface area contributed by atoms with E-state index in [1.807, 2.05) is 25.0 Å². The molecule has 0 radical (unpaired) electrons. The molecule has 0 aliphatic carbocycles. The van der Waals surface area contributed by atoms with Crippen molar-refractivity contribution in [1.82, 2.24) is 9.97 Å². The number of hydrogen-bond donors (Lipinski definition) is 2. The molecule has 1 aromatic heterocycles. The van der Waals surface area contributed by atoms with Crippen molar-refractivity contribution in [1.29, 1.82) is 0 Å². The quantitative estimate of drug-likeness (QED) is 0.811. The molecule has 0 unspecified atom stereocenters. The van der Waals surface area contributed by atoms with Crippen molar-refractivity contribution in [3.8, 4) is 11.3 Å². The van der Waals surface area contributed by atoms with E-state index in [1.165, 1.54) is 4.90 Å². The van der Waals surface area contributed by atoms with E-state index in [2.05, 4.69) is 53.4 Å². The van der Waals surface area contributed by atoms with Crippen LogP contribution < -0.4 is 5.32 Å². The van der Waals surface area contributed by atoms with Gasteiger partial charge in [-0.3, -0.25) is 0 Å². The number of hydrogen-bond acceptors (Lipinski definition) is 3. The van der Waals surface area contributed by atoms with Crippen molar-refractivity contribution < 1.29 is 0 Å². The van der Waals surface area contributed by atoms with Crippen molar-refractivity contribution in [2.24, 2.45) is 0 Å². The summed E-state index contributed by atoms with van der Waals surface area (Å²) < 4.78 is 0. The van der Waals surface area contributed by atoms with Crippen LogP contribution in [0, 0.1) is 0 Å². The predicted octanol–water partition coefficient (Wildman–Crippen LogP) is 3.62. The van der Waals surface area contributed by atoms with Gasteiger partial charge in [-0.2, -0.15) is 0 Å². The Balaban J connectivity index is 2.17. The van der Waals surface area contributed by atoms with Crippen molar-refractivity contribution in [3.05, 3.63) is 30.5 Å². The van der Waals surface area contributed by atoms with E-state index in [4.69, 9.17) is 0 Å². The molecule has 2 aromatic rings. The Morgan fingerprint density at radius 2 is 1.94 bits per heavy atom. The molecule has 0 aliphatic heterocycles. The maximum absolute atomic E-state index is 4.21. The number of nitrogens with one attached hydrogen (secondary N) is 2. The summed E-state index contributed by atoms with van der Waals surface area (Å²) in [7, 11) is 1.85. The number of benzene rings is 1. The van der Waals surface area contributed by atoms with Crippen LogP contribution in [0.15, 0.2) is 35.4 Å².